The van der Waals surface area contributed by atoms with E-state index >= 15 is 0 Å². The highest BCUT2D eigenvalue weighted by atomic mass is 127. The van der Waals surface area contributed by atoms with Gasteiger partial charge < -0.3 is 19.9 Å². The standard InChI is InChI=1S/C21H30N4O2.HI/c1-4-15(5-2)19-12-17(27-25-19)14-24-21(22-3)23-13-16-10-11-26-20-9-7-6-8-18(16)20;/h6-9,12,15-16H,4-5,10-11,13-14H2,1-3H3,(H2,22,23,24);1H. The van der Waals surface area contributed by atoms with Gasteiger partial charge in [0, 0.05) is 31.5 Å². The number of nitrogens with one attached hydrogen (secondary N) is 2. The normalized spacial score (nSPS) is 16.1. The number of aromatic nitrogens is 1. The van der Waals surface area contributed by atoms with Crippen molar-refractivity contribution in [1.29, 1.82) is 0 Å². The smallest absolute Gasteiger partial charge is 0.191 e. The van der Waals surface area contributed by atoms with E-state index in [1.807, 2.05) is 18.2 Å². The molecule has 6 nitrogen and oxygen atoms in total. The molecule has 0 fully saturated rings. The van der Waals surface area contributed by atoms with Gasteiger partial charge in [-0.2, -0.15) is 0 Å². The molecule has 1 aliphatic heterocycles. The first kappa shape index (κ1) is 22.5. The highest BCUT2D eigenvalue weighted by molar-refractivity contribution is 14.0. The molecule has 1 aromatic carbocycles. The van der Waals surface area contributed by atoms with E-state index in [1.165, 1.54) is 5.56 Å². The Balaban J connectivity index is 0.00000280. The molecule has 1 unspecified atom stereocenters. The lowest BCUT2D eigenvalue weighted by Crippen LogP contribution is -2.39. The molecule has 0 radical (unpaired) electrons. The Bertz CT molecular complexity index is 758. The average Bonchev–Trinajstić information content (AvgIpc) is 3.18. The van der Waals surface area contributed by atoms with Gasteiger partial charge in [0.25, 0.3) is 0 Å². The summed E-state index contributed by atoms with van der Waals surface area (Å²) in [4.78, 5) is 4.32. The maximum atomic E-state index is 5.74. The Morgan fingerprint density at radius 3 is 2.79 bits per heavy atom. The molecule has 7 heteroatoms. The van der Waals surface area contributed by atoms with Crippen LogP contribution in [0.5, 0.6) is 5.75 Å². The van der Waals surface area contributed by atoms with Crippen LogP contribution in [-0.2, 0) is 6.54 Å². The fourth-order valence-corrected chi connectivity index (χ4v) is 3.55. The first-order chi connectivity index (χ1) is 13.2. The van der Waals surface area contributed by atoms with E-state index in [9.17, 15) is 0 Å². The molecule has 0 aliphatic carbocycles. The predicted molar refractivity (Wildman–Crippen MR) is 123 cm³/mol. The van der Waals surface area contributed by atoms with Crippen LogP contribution in [0.1, 0.15) is 62.0 Å². The summed E-state index contributed by atoms with van der Waals surface area (Å²) in [6.07, 6.45) is 3.15. The zero-order valence-electron chi connectivity index (χ0n) is 16.9. The van der Waals surface area contributed by atoms with Gasteiger partial charge >= 0.3 is 0 Å². The number of rotatable bonds is 7. The van der Waals surface area contributed by atoms with Crippen LogP contribution in [0.15, 0.2) is 39.8 Å². The molecule has 1 aliphatic rings. The summed E-state index contributed by atoms with van der Waals surface area (Å²) in [6.45, 7) is 6.50. The van der Waals surface area contributed by atoms with Crippen LogP contribution >= 0.6 is 24.0 Å². The van der Waals surface area contributed by atoms with Gasteiger partial charge in [0.1, 0.15) is 5.75 Å². The third kappa shape index (κ3) is 5.62. The number of nitrogens with zero attached hydrogens (tertiary/aromatic N) is 2. The number of aliphatic imine (C=N–C) groups is 1. The Morgan fingerprint density at radius 2 is 2.04 bits per heavy atom. The molecule has 0 amide bonds. The number of benzene rings is 1. The lowest BCUT2D eigenvalue weighted by molar-refractivity contribution is 0.267. The van der Waals surface area contributed by atoms with E-state index in [0.29, 0.717) is 18.4 Å². The van der Waals surface area contributed by atoms with Crippen LogP contribution in [-0.4, -0.2) is 31.3 Å². The van der Waals surface area contributed by atoms with Gasteiger partial charge in [0.05, 0.1) is 18.8 Å². The Kier molecular flexibility index (Phi) is 9.08. The molecule has 3 rings (SSSR count). The summed E-state index contributed by atoms with van der Waals surface area (Å²) in [6, 6.07) is 10.3. The molecule has 1 aromatic heterocycles. The van der Waals surface area contributed by atoms with E-state index < -0.39 is 0 Å². The number of halogens is 1. The van der Waals surface area contributed by atoms with E-state index in [1.54, 1.807) is 7.05 Å². The number of hydrogen-bond donors (Lipinski definition) is 2. The molecule has 0 spiro atoms. The number of guanidine groups is 1. The van der Waals surface area contributed by atoms with Gasteiger partial charge in [0.2, 0.25) is 0 Å². The number of hydrogen-bond acceptors (Lipinski definition) is 4. The van der Waals surface area contributed by atoms with Crippen molar-refractivity contribution in [3.05, 3.63) is 47.3 Å². The summed E-state index contributed by atoms with van der Waals surface area (Å²) in [5.74, 6) is 3.47. The molecular weight excluding hydrogens is 467 g/mol. The summed E-state index contributed by atoms with van der Waals surface area (Å²) in [7, 11) is 1.78. The molecule has 28 heavy (non-hydrogen) atoms. The topological polar surface area (TPSA) is 71.7 Å². The maximum Gasteiger partial charge on any atom is 0.191 e. The second kappa shape index (κ2) is 11.3. The van der Waals surface area contributed by atoms with Crippen LogP contribution in [0.4, 0.5) is 0 Å². The van der Waals surface area contributed by atoms with Crippen molar-refractivity contribution in [2.24, 2.45) is 4.99 Å². The average molecular weight is 498 g/mol. The zero-order chi connectivity index (χ0) is 19.1. The largest absolute Gasteiger partial charge is 0.493 e. The lowest BCUT2D eigenvalue weighted by Gasteiger charge is -2.26. The van der Waals surface area contributed by atoms with E-state index in [-0.39, 0.29) is 24.0 Å². The number of fused-ring (bicyclic) bond motifs is 1. The first-order valence-electron chi connectivity index (χ1n) is 9.86. The summed E-state index contributed by atoms with van der Waals surface area (Å²) >= 11 is 0. The molecule has 0 saturated heterocycles. The summed E-state index contributed by atoms with van der Waals surface area (Å²) < 4.78 is 11.2. The second-order valence-corrected chi connectivity index (χ2v) is 6.91. The monoisotopic (exact) mass is 498 g/mol. The van der Waals surface area contributed by atoms with Gasteiger partial charge in [0.15, 0.2) is 11.7 Å². The third-order valence-corrected chi connectivity index (χ3v) is 5.23. The first-order valence-corrected chi connectivity index (χ1v) is 9.86. The van der Waals surface area contributed by atoms with Gasteiger partial charge in [-0.05, 0) is 30.9 Å². The van der Waals surface area contributed by atoms with E-state index in [2.05, 4.69) is 46.8 Å². The quantitative estimate of drug-likeness (QED) is 0.336. The van der Waals surface area contributed by atoms with Crippen LogP contribution in [0.3, 0.4) is 0 Å². The zero-order valence-corrected chi connectivity index (χ0v) is 19.2. The number of ether oxygens (including phenoxy) is 1. The second-order valence-electron chi connectivity index (χ2n) is 6.91. The molecule has 2 heterocycles. The minimum atomic E-state index is 0. The van der Waals surface area contributed by atoms with Crippen molar-refractivity contribution in [2.45, 2.75) is 51.5 Å². The lowest BCUT2D eigenvalue weighted by atomic mass is 9.93. The Hall–Kier alpha value is -1.77. The van der Waals surface area contributed by atoms with E-state index in [4.69, 9.17) is 9.26 Å². The number of para-hydroxylation sites is 1. The molecule has 2 aromatic rings. The van der Waals surface area contributed by atoms with Crippen LogP contribution < -0.4 is 15.4 Å². The highest BCUT2D eigenvalue weighted by Gasteiger charge is 2.21. The van der Waals surface area contributed by atoms with Gasteiger partial charge in [-0.25, -0.2) is 0 Å². The summed E-state index contributed by atoms with van der Waals surface area (Å²) in [5, 5.41) is 11.0. The molecule has 0 saturated carbocycles. The van der Waals surface area contributed by atoms with Gasteiger partial charge in [-0.3, -0.25) is 4.99 Å². The highest BCUT2D eigenvalue weighted by Crippen LogP contribution is 2.32. The molecule has 0 bridgehead atoms. The van der Waals surface area contributed by atoms with Crippen LogP contribution in [0.25, 0.3) is 0 Å². The van der Waals surface area contributed by atoms with Gasteiger partial charge in [-0.15, -0.1) is 24.0 Å². The van der Waals surface area contributed by atoms with E-state index in [0.717, 1.165) is 55.6 Å². The molecular formula is C21H31IN4O2. The minimum Gasteiger partial charge on any atom is -0.493 e. The van der Waals surface area contributed by atoms with Crippen molar-refractivity contribution in [3.8, 4) is 5.75 Å². The van der Waals surface area contributed by atoms with Crippen LogP contribution in [0.2, 0.25) is 0 Å². The Labute approximate surface area is 184 Å². The third-order valence-electron chi connectivity index (χ3n) is 5.23. The molecule has 154 valence electrons. The molecule has 1 atom stereocenters. The van der Waals surface area contributed by atoms with Crippen molar-refractivity contribution in [1.82, 2.24) is 15.8 Å². The molecule has 2 N–H and O–H groups in total. The fourth-order valence-electron chi connectivity index (χ4n) is 3.55. The SMILES string of the molecule is CCC(CC)c1cc(CNC(=NC)NCC2CCOc3ccccc32)on1.I. The van der Waals surface area contributed by atoms with Crippen molar-refractivity contribution < 1.29 is 9.26 Å². The Morgan fingerprint density at radius 1 is 1.25 bits per heavy atom. The predicted octanol–water partition coefficient (Wildman–Crippen LogP) is 4.43. The summed E-state index contributed by atoms with van der Waals surface area (Å²) in [5.41, 5.74) is 2.30. The maximum absolute atomic E-state index is 5.74. The van der Waals surface area contributed by atoms with Crippen LogP contribution in [0, 0.1) is 0 Å². The van der Waals surface area contributed by atoms with Crippen molar-refractivity contribution >= 4 is 29.9 Å². The minimum absolute atomic E-state index is 0. The van der Waals surface area contributed by atoms with Gasteiger partial charge in [-0.1, -0.05) is 37.2 Å². The van der Waals surface area contributed by atoms with Crippen molar-refractivity contribution in [3.63, 3.8) is 0 Å². The van der Waals surface area contributed by atoms with Crippen molar-refractivity contribution in [2.75, 3.05) is 20.2 Å². The fraction of sp³-hybridized carbons (Fsp3) is 0.524.